The molecule has 2 rings (SSSR count). The lowest BCUT2D eigenvalue weighted by Gasteiger charge is -2.09. The van der Waals surface area contributed by atoms with Crippen molar-refractivity contribution in [2.45, 2.75) is 13.1 Å². The second-order valence-electron chi connectivity index (χ2n) is 4.15. The molecule has 0 saturated carbocycles. The lowest BCUT2D eigenvalue weighted by Crippen LogP contribution is -2.12. The maximum atomic E-state index is 9.08. The highest BCUT2D eigenvalue weighted by Crippen LogP contribution is 2.19. The van der Waals surface area contributed by atoms with Gasteiger partial charge >= 0.3 is 0 Å². The van der Waals surface area contributed by atoms with E-state index in [2.05, 4.69) is 20.9 Å². The fraction of sp³-hybridized carbons (Fsp3) is 0.286. The van der Waals surface area contributed by atoms with Gasteiger partial charge in [0.1, 0.15) is 17.6 Å². The van der Waals surface area contributed by atoms with Crippen molar-refractivity contribution in [3.63, 3.8) is 0 Å². The predicted octanol–water partition coefficient (Wildman–Crippen LogP) is 1.53. The van der Waals surface area contributed by atoms with E-state index >= 15 is 0 Å². The summed E-state index contributed by atoms with van der Waals surface area (Å²) in [4.78, 5) is 4.29. The van der Waals surface area contributed by atoms with E-state index in [0.29, 0.717) is 24.4 Å². The lowest BCUT2D eigenvalue weighted by atomic mass is 10.1. The third kappa shape index (κ3) is 2.92. The minimum absolute atomic E-state index is 0.551. The minimum Gasteiger partial charge on any atom is -0.495 e. The summed E-state index contributed by atoms with van der Waals surface area (Å²) in [7, 11) is 3.46. The Morgan fingerprint density at radius 3 is 3.00 bits per heavy atom. The van der Waals surface area contributed by atoms with Crippen molar-refractivity contribution < 1.29 is 4.74 Å². The number of hydrogen-bond acceptors (Lipinski definition) is 4. The first-order chi connectivity index (χ1) is 9.28. The first-order valence-electron chi connectivity index (χ1n) is 6.00. The summed E-state index contributed by atoms with van der Waals surface area (Å²) in [5.74, 6) is 1.57. The van der Waals surface area contributed by atoms with Crippen molar-refractivity contribution in [3.05, 3.63) is 47.5 Å². The summed E-state index contributed by atoms with van der Waals surface area (Å²) in [6.45, 7) is 1.41. The predicted molar refractivity (Wildman–Crippen MR) is 71.8 cm³/mol. The molecule has 0 aliphatic carbocycles. The van der Waals surface area contributed by atoms with Gasteiger partial charge in [0.05, 0.1) is 19.2 Å². The van der Waals surface area contributed by atoms with Gasteiger partial charge in [-0.3, -0.25) is 0 Å². The molecule has 2 aromatic rings. The molecule has 0 bridgehead atoms. The Labute approximate surface area is 112 Å². The van der Waals surface area contributed by atoms with Crippen LogP contribution in [0.25, 0.3) is 0 Å². The Morgan fingerprint density at radius 1 is 1.47 bits per heavy atom. The van der Waals surface area contributed by atoms with E-state index in [4.69, 9.17) is 10.00 Å². The number of imidazole rings is 1. The number of nitrogens with one attached hydrogen (secondary N) is 1. The summed E-state index contributed by atoms with van der Waals surface area (Å²) < 4.78 is 7.19. The van der Waals surface area contributed by atoms with E-state index in [9.17, 15) is 0 Å². The van der Waals surface area contributed by atoms with Crippen LogP contribution in [0.2, 0.25) is 0 Å². The molecule has 1 aromatic carbocycles. The number of nitrogens with zero attached hydrogens (tertiary/aromatic N) is 3. The summed E-state index contributed by atoms with van der Waals surface area (Å²) in [6.07, 6.45) is 3.71. The third-order valence-corrected chi connectivity index (χ3v) is 2.87. The molecular formula is C14H16N4O. The van der Waals surface area contributed by atoms with E-state index in [1.54, 1.807) is 13.3 Å². The Morgan fingerprint density at radius 2 is 2.32 bits per heavy atom. The highest BCUT2D eigenvalue weighted by atomic mass is 16.5. The van der Waals surface area contributed by atoms with Gasteiger partial charge in [0.15, 0.2) is 0 Å². The first-order valence-corrected chi connectivity index (χ1v) is 6.00. The molecule has 0 unspecified atom stereocenters. The van der Waals surface area contributed by atoms with Crippen molar-refractivity contribution in [2.75, 3.05) is 14.2 Å². The second-order valence-corrected chi connectivity index (χ2v) is 4.15. The van der Waals surface area contributed by atoms with Crippen LogP contribution in [0.3, 0.4) is 0 Å². The SMILES string of the molecule is CNCc1nccn1Cc1ccc(OC)c(C#N)c1. The molecule has 0 spiro atoms. The number of ether oxygens (including phenoxy) is 1. The fourth-order valence-electron chi connectivity index (χ4n) is 1.95. The van der Waals surface area contributed by atoms with E-state index < -0.39 is 0 Å². The third-order valence-electron chi connectivity index (χ3n) is 2.87. The minimum atomic E-state index is 0.551. The van der Waals surface area contributed by atoms with Crippen LogP contribution >= 0.6 is 0 Å². The summed E-state index contributed by atoms with van der Waals surface area (Å²) >= 11 is 0. The summed E-state index contributed by atoms with van der Waals surface area (Å²) in [5.41, 5.74) is 1.60. The highest BCUT2D eigenvalue weighted by Gasteiger charge is 2.06. The van der Waals surface area contributed by atoms with E-state index in [1.807, 2.05) is 31.4 Å². The summed E-state index contributed by atoms with van der Waals surface area (Å²) in [5, 5.41) is 12.2. The van der Waals surface area contributed by atoms with Crippen LogP contribution in [0.15, 0.2) is 30.6 Å². The average molecular weight is 256 g/mol. The molecule has 5 heteroatoms. The van der Waals surface area contributed by atoms with Crippen LogP contribution in [-0.4, -0.2) is 23.7 Å². The van der Waals surface area contributed by atoms with Crippen LogP contribution in [0.5, 0.6) is 5.75 Å². The number of rotatable bonds is 5. The van der Waals surface area contributed by atoms with Crippen LogP contribution in [0, 0.1) is 11.3 Å². The molecular weight excluding hydrogens is 240 g/mol. The maximum absolute atomic E-state index is 9.08. The first kappa shape index (κ1) is 13.1. The normalized spacial score (nSPS) is 10.2. The zero-order valence-corrected chi connectivity index (χ0v) is 11.1. The molecule has 0 atom stereocenters. The van der Waals surface area contributed by atoms with Gasteiger partial charge in [0, 0.05) is 18.9 Å². The zero-order chi connectivity index (χ0) is 13.7. The molecule has 0 saturated heterocycles. The van der Waals surface area contributed by atoms with Crippen molar-refractivity contribution in [1.29, 1.82) is 5.26 Å². The molecule has 1 N–H and O–H groups in total. The second kappa shape index (κ2) is 6.03. The van der Waals surface area contributed by atoms with E-state index in [-0.39, 0.29) is 0 Å². The van der Waals surface area contributed by atoms with E-state index in [1.165, 1.54) is 0 Å². The molecule has 1 aromatic heterocycles. The van der Waals surface area contributed by atoms with Gasteiger partial charge < -0.3 is 14.6 Å². The smallest absolute Gasteiger partial charge is 0.136 e. The highest BCUT2D eigenvalue weighted by molar-refractivity contribution is 5.45. The zero-order valence-electron chi connectivity index (χ0n) is 11.1. The Balaban J connectivity index is 2.24. The van der Waals surface area contributed by atoms with Crippen molar-refractivity contribution in [1.82, 2.24) is 14.9 Å². The number of methoxy groups -OCH3 is 1. The fourth-order valence-corrected chi connectivity index (χ4v) is 1.95. The Kier molecular flexibility index (Phi) is 4.16. The maximum Gasteiger partial charge on any atom is 0.136 e. The van der Waals surface area contributed by atoms with Crippen molar-refractivity contribution in [2.24, 2.45) is 0 Å². The molecule has 0 aliphatic rings. The number of hydrogen-bond donors (Lipinski definition) is 1. The quantitative estimate of drug-likeness (QED) is 0.881. The summed E-state index contributed by atoms with van der Waals surface area (Å²) in [6, 6.07) is 7.78. The average Bonchev–Trinajstić information content (AvgIpc) is 2.86. The molecule has 0 radical (unpaired) electrons. The topological polar surface area (TPSA) is 62.9 Å². The molecule has 0 fully saturated rings. The van der Waals surface area contributed by atoms with Gasteiger partial charge in [-0.05, 0) is 24.7 Å². The Hall–Kier alpha value is -2.32. The largest absolute Gasteiger partial charge is 0.495 e. The molecule has 98 valence electrons. The van der Waals surface area contributed by atoms with Gasteiger partial charge in [-0.25, -0.2) is 4.98 Å². The molecule has 1 heterocycles. The molecule has 19 heavy (non-hydrogen) atoms. The van der Waals surface area contributed by atoms with Gasteiger partial charge in [0.2, 0.25) is 0 Å². The van der Waals surface area contributed by atoms with Crippen LogP contribution in [0.1, 0.15) is 17.0 Å². The number of nitriles is 1. The molecule has 5 nitrogen and oxygen atoms in total. The molecule has 0 aliphatic heterocycles. The van der Waals surface area contributed by atoms with Crippen LogP contribution in [-0.2, 0) is 13.1 Å². The lowest BCUT2D eigenvalue weighted by molar-refractivity contribution is 0.413. The van der Waals surface area contributed by atoms with Crippen molar-refractivity contribution >= 4 is 0 Å². The Bertz CT molecular complexity index is 598. The number of aromatic nitrogens is 2. The number of benzene rings is 1. The standard InChI is InChI=1S/C14H16N4O/c1-16-9-14-17-5-6-18(14)10-11-3-4-13(19-2)12(7-11)8-15/h3-7,16H,9-10H2,1-2H3. The van der Waals surface area contributed by atoms with Crippen LogP contribution in [0.4, 0.5) is 0 Å². The van der Waals surface area contributed by atoms with Gasteiger partial charge in [-0.1, -0.05) is 6.07 Å². The monoisotopic (exact) mass is 256 g/mol. The van der Waals surface area contributed by atoms with Crippen molar-refractivity contribution in [3.8, 4) is 11.8 Å². The van der Waals surface area contributed by atoms with E-state index in [0.717, 1.165) is 11.4 Å². The van der Waals surface area contributed by atoms with Gasteiger partial charge in [-0.2, -0.15) is 5.26 Å². The molecule has 0 amide bonds. The van der Waals surface area contributed by atoms with Crippen LogP contribution < -0.4 is 10.1 Å². The van der Waals surface area contributed by atoms with Gasteiger partial charge in [0.25, 0.3) is 0 Å². The van der Waals surface area contributed by atoms with Gasteiger partial charge in [-0.15, -0.1) is 0 Å².